The summed E-state index contributed by atoms with van der Waals surface area (Å²) < 4.78 is 5.07. The summed E-state index contributed by atoms with van der Waals surface area (Å²) in [5, 5.41) is 8.50. The van der Waals surface area contributed by atoms with Gasteiger partial charge in [-0.25, -0.2) is 0 Å². The van der Waals surface area contributed by atoms with Crippen LogP contribution in [0, 0.1) is 5.92 Å². The Labute approximate surface area is 42.1 Å². The van der Waals surface area contributed by atoms with Crippen molar-refractivity contribution in [2.24, 2.45) is 5.92 Å². The van der Waals surface area contributed by atoms with Crippen molar-refractivity contribution in [1.29, 1.82) is 0 Å². The van der Waals surface area contributed by atoms with E-state index in [-0.39, 0.29) is 0 Å². The van der Waals surface area contributed by atoms with Gasteiger partial charge in [-0.05, 0) is 6.42 Å². The zero-order valence-electron chi connectivity index (χ0n) is 4.00. The zero-order valence-corrected chi connectivity index (χ0v) is 4.00. The van der Waals surface area contributed by atoms with Gasteiger partial charge in [0.1, 0.15) is 0 Å². The van der Waals surface area contributed by atoms with Crippen LogP contribution in [0.25, 0.3) is 0 Å². The smallest absolute Gasteiger partial charge is 0.0892 e. The summed E-state index contributed by atoms with van der Waals surface area (Å²) in [5.74, 6) is 0.491. The van der Waals surface area contributed by atoms with E-state index >= 15 is 0 Å². The molecule has 0 unspecified atom stereocenters. The largest absolute Gasteiger partial charge is 0.396 e. The molecule has 1 saturated carbocycles. The third-order valence-corrected chi connectivity index (χ3v) is 1.86. The molecule has 0 aromatic rings. The highest BCUT2D eigenvalue weighted by Crippen LogP contribution is 2.46. The van der Waals surface area contributed by atoms with Gasteiger partial charge in [0.05, 0.1) is 12.2 Å². The van der Waals surface area contributed by atoms with Gasteiger partial charge in [0.15, 0.2) is 0 Å². The Balaban J connectivity index is 1.92. The Morgan fingerprint density at radius 1 is 1.71 bits per heavy atom. The lowest BCUT2D eigenvalue weighted by molar-refractivity contribution is 0.185. The van der Waals surface area contributed by atoms with Crippen molar-refractivity contribution in [1.82, 2.24) is 0 Å². The van der Waals surface area contributed by atoms with Crippen LogP contribution in [0.2, 0.25) is 0 Å². The van der Waals surface area contributed by atoms with E-state index in [1.165, 1.54) is 0 Å². The Bertz CT molecular complexity index is 92.1. The molecule has 2 aliphatic rings. The molecular formula is C5H8O2. The summed E-state index contributed by atoms with van der Waals surface area (Å²) in [5.41, 5.74) is 0. The number of aliphatic hydroxyl groups is 1. The molecule has 1 saturated heterocycles. The van der Waals surface area contributed by atoms with Crippen molar-refractivity contribution >= 4 is 0 Å². The number of hydrogen-bond acceptors (Lipinski definition) is 2. The van der Waals surface area contributed by atoms with E-state index in [1.54, 1.807) is 0 Å². The van der Waals surface area contributed by atoms with Crippen molar-refractivity contribution in [2.45, 2.75) is 18.6 Å². The van der Waals surface area contributed by atoms with Crippen molar-refractivity contribution < 1.29 is 9.84 Å². The normalized spacial score (nSPS) is 55.3. The first-order chi connectivity index (χ1) is 3.42. The third kappa shape index (κ3) is 0.359. The van der Waals surface area contributed by atoms with Gasteiger partial charge in [0.2, 0.25) is 0 Å². The fraction of sp³-hybridized carbons (Fsp3) is 1.00. The number of rotatable bonds is 1. The van der Waals surface area contributed by atoms with E-state index in [1.807, 2.05) is 0 Å². The summed E-state index contributed by atoms with van der Waals surface area (Å²) >= 11 is 0. The molecule has 0 spiro atoms. The molecule has 2 heteroatoms. The second-order valence-corrected chi connectivity index (χ2v) is 2.32. The van der Waals surface area contributed by atoms with Crippen molar-refractivity contribution in [3.05, 3.63) is 0 Å². The molecule has 3 atom stereocenters. The Morgan fingerprint density at radius 3 is 2.71 bits per heavy atom. The molecular weight excluding hydrogens is 92.1 g/mol. The van der Waals surface area contributed by atoms with Crippen molar-refractivity contribution in [2.75, 3.05) is 6.61 Å². The number of ether oxygens (including phenoxy) is 1. The van der Waals surface area contributed by atoms with Crippen molar-refractivity contribution in [3.63, 3.8) is 0 Å². The van der Waals surface area contributed by atoms with Crippen LogP contribution < -0.4 is 0 Å². The SMILES string of the molecule is OC[C@H]1C[C@@H]2O[C@H]12. The fourth-order valence-electron chi connectivity index (χ4n) is 1.18. The van der Waals surface area contributed by atoms with Gasteiger partial charge in [0.25, 0.3) is 0 Å². The first-order valence-electron chi connectivity index (χ1n) is 2.68. The quantitative estimate of drug-likeness (QED) is 0.461. The lowest BCUT2D eigenvalue weighted by atomic mass is 9.86. The lowest BCUT2D eigenvalue weighted by Gasteiger charge is -2.15. The molecule has 1 aliphatic heterocycles. The highest BCUT2D eigenvalue weighted by atomic mass is 16.6. The van der Waals surface area contributed by atoms with Crippen LogP contribution in [0.1, 0.15) is 6.42 Å². The molecule has 0 aromatic heterocycles. The standard InChI is InChI=1S/C5H8O2/c6-2-3-1-4-5(3)7-4/h3-6H,1-2H2/t3-,4+,5-/m1/s1. The molecule has 0 bridgehead atoms. The molecule has 0 radical (unpaired) electrons. The minimum absolute atomic E-state index is 0.321. The number of epoxide rings is 1. The van der Waals surface area contributed by atoms with Crippen LogP contribution in [0.15, 0.2) is 0 Å². The van der Waals surface area contributed by atoms with E-state index in [2.05, 4.69) is 0 Å². The van der Waals surface area contributed by atoms with Gasteiger partial charge in [-0.1, -0.05) is 0 Å². The predicted octanol–water partition coefficient (Wildman–Crippen LogP) is -0.234. The Kier molecular flexibility index (Phi) is 0.557. The maximum Gasteiger partial charge on any atom is 0.0892 e. The highest BCUT2D eigenvalue weighted by molar-refractivity contribution is 5.02. The van der Waals surface area contributed by atoms with Crippen LogP contribution in [-0.2, 0) is 4.74 Å². The summed E-state index contributed by atoms with van der Waals surface area (Å²) in [7, 11) is 0. The van der Waals surface area contributed by atoms with Gasteiger partial charge in [-0.3, -0.25) is 0 Å². The number of fused-ring (bicyclic) bond motifs is 1. The number of hydrogen-bond donors (Lipinski definition) is 1. The monoisotopic (exact) mass is 100 g/mol. The second kappa shape index (κ2) is 1.01. The summed E-state index contributed by atoms with van der Waals surface area (Å²) in [6, 6.07) is 0. The van der Waals surface area contributed by atoms with Crippen LogP contribution in [0.5, 0.6) is 0 Å². The average Bonchev–Trinajstić information content (AvgIpc) is 2.18. The van der Waals surface area contributed by atoms with Gasteiger partial charge in [-0.15, -0.1) is 0 Å². The molecule has 2 rings (SSSR count). The van der Waals surface area contributed by atoms with Crippen LogP contribution in [-0.4, -0.2) is 23.9 Å². The molecule has 1 aliphatic carbocycles. The minimum Gasteiger partial charge on any atom is -0.396 e. The average molecular weight is 100 g/mol. The zero-order chi connectivity index (χ0) is 4.85. The molecule has 0 aromatic carbocycles. The maximum atomic E-state index is 8.50. The van der Waals surface area contributed by atoms with Gasteiger partial charge in [-0.2, -0.15) is 0 Å². The van der Waals surface area contributed by atoms with E-state index in [0.717, 1.165) is 6.42 Å². The second-order valence-electron chi connectivity index (χ2n) is 2.32. The molecule has 0 amide bonds. The van der Waals surface area contributed by atoms with Crippen LogP contribution in [0.3, 0.4) is 0 Å². The Morgan fingerprint density at radius 2 is 2.57 bits per heavy atom. The molecule has 7 heavy (non-hydrogen) atoms. The van der Waals surface area contributed by atoms with Crippen LogP contribution >= 0.6 is 0 Å². The first-order valence-corrected chi connectivity index (χ1v) is 2.68. The Hall–Kier alpha value is -0.0800. The van der Waals surface area contributed by atoms with Gasteiger partial charge >= 0.3 is 0 Å². The molecule has 2 nitrogen and oxygen atoms in total. The fourth-order valence-corrected chi connectivity index (χ4v) is 1.18. The molecule has 1 N–H and O–H groups in total. The van der Waals surface area contributed by atoms with Gasteiger partial charge in [0, 0.05) is 12.5 Å². The maximum absolute atomic E-state index is 8.50. The lowest BCUT2D eigenvalue weighted by Crippen LogP contribution is -2.26. The summed E-state index contributed by atoms with van der Waals surface area (Å²) in [6.07, 6.45) is 2.11. The summed E-state index contributed by atoms with van der Waals surface area (Å²) in [6.45, 7) is 0.321. The van der Waals surface area contributed by atoms with Crippen LogP contribution in [0.4, 0.5) is 0 Å². The van der Waals surface area contributed by atoms with Crippen molar-refractivity contribution in [3.8, 4) is 0 Å². The topological polar surface area (TPSA) is 32.8 Å². The third-order valence-electron chi connectivity index (χ3n) is 1.86. The molecule has 2 fully saturated rings. The van der Waals surface area contributed by atoms with E-state index < -0.39 is 0 Å². The first kappa shape index (κ1) is 3.87. The number of aliphatic hydroxyl groups excluding tert-OH is 1. The van der Waals surface area contributed by atoms with E-state index in [4.69, 9.17) is 9.84 Å². The van der Waals surface area contributed by atoms with E-state index in [9.17, 15) is 0 Å². The highest BCUT2D eigenvalue weighted by Gasteiger charge is 2.55. The molecule has 1 heterocycles. The van der Waals surface area contributed by atoms with Gasteiger partial charge < -0.3 is 9.84 Å². The molecule has 40 valence electrons. The minimum atomic E-state index is 0.321. The summed E-state index contributed by atoms with van der Waals surface area (Å²) in [4.78, 5) is 0. The van der Waals surface area contributed by atoms with E-state index in [0.29, 0.717) is 24.7 Å². The predicted molar refractivity (Wildman–Crippen MR) is 23.9 cm³/mol.